The highest BCUT2D eigenvalue weighted by atomic mass is 35.5. The van der Waals surface area contributed by atoms with Gasteiger partial charge in [0.15, 0.2) is 5.69 Å². The van der Waals surface area contributed by atoms with Crippen LogP contribution in [0.25, 0.3) is 0 Å². The molecule has 0 bridgehead atoms. The van der Waals surface area contributed by atoms with Gasteiger partial charge in [-0.25, -0.2) is 9.97 Å². The number of aromatic nitrogens is 2. The van der Waals surface area contributed by atoms with E-state index in [1.807, 2.05) is 0 Å². The number of phenolic OH excluding ortho intramolecular Hbond substituents is 1. The van der Waals surface area contributed by atoms with Gasteiger partial charge in [0.05, 0.1) is 16.3 Å². The number of nitrogens with one attached hydrogen (secondary N) is 3. The zero-order chi connectivity index (χ0) is 29.3. The van der Waals surface area contributed by atoms with Crippen molar-refractivity contribution in [3.63, 3.8) is 0 Å². The number of rotatable bonds is 6. The molecule has 2 amide bonds. The number of alkyl halides is 3. The molecular weight excluding hydrogens is 574 g/mol. The Hall–Kier alpha value is -3.61. The molecule has 0 unspecified atom stereocenters. The van der Waals surface area contributed by atoms with Crippen LogP contribution in [0.15, 0.2) is 48.7 Å². The van der Waals surface area contributed by atoms with E-state index < -0.39 is 23.3 Å². The van der Waals surface area contributed by atoms with Crippen molar-refractivity contribution in [3.05, 3.63) is 70.0 Å². The summed E-state index contributed by atoms with van der Waals surface area (Å²) >= 11 is 11.8. The molecule has 0 atom stereocenters. The van der Waals surface area contributed by atoms with Crippen LogP contribution in [0.3, 0.4) is 0 Å². The topological polar surface area (TPSA) is 125 Å². The molecule has 1 aliphatic rings. The fraction of sp³-hybridized carbons (Fsp3) is 0.308. The minimum absolute atomic E-state index is 0.115. The molecule has 0 spiro atoms. The van der Waals surface area contributed by atoms with Crippen molar-refractivity contribution < 1.29 is 32.6 Å². The molecule has 0 saturated carbocycles. The molecule has 1 fully saturated rings. The molecule has 4 rings (SSSR count). The molecule has 2 heterocycles. The van der Waals surface area contributed by atoms with Gasteiger partial charge in [0.2, 0.25) is 11.9 Å². The Morgan fingerprint density at radius 2 is 1.77 bits per heavy atom. The third-order valence-corrected chi connectivity index (χ3v) is 6.11. The first kappa shape index (κ1) is 30.9. The van der Waals surface area contributed by atoms with Gasteiger partial charge in [0, 0.05) is 43.6 Å². The van der Waals surface area contributed by atoms with Crippen molar-refractivity contribution in [1.29, 1.82) is 0 Å². The van der Waals surface area contributed by atoms with Crippen LogP contribution in [0.2, 0.25) is 10.0 Å². The van der Waals surface area contributed by atoms with Crippen LogP contribution in [-0.4, -0.2) is 46.6 Å². The molecule has 1 aromatic heterocycles. The van der Waals surface area contributed by atoms with Crippen molar-refractivity contribution in [2.45, 2.75) is 25.9 Å². The highest BCUT2D eigenvalue weighted by Gasteiger charge is 2.38. The number of hydrogen-bond donors (Lipinski definition) is 4. The zero-order valence-electron chi connectivity index (χ0n) is 21.2. The summed E-state index contributed by atoms with van der Waals surface area (Å²) in [5, 5.41) is 17.2. The summed E-state index contributed by atoms with van der Waals surface area (Å²) in [6, 6.07) is 10.7. The number of carbonyl (C=O) groups excluding carboxylic acids is 2. The second-order valence-corrected chi connectivity index (χ2v) is 9.54. The van der Waals surface area contributed by atoms with Gasteiger partial charge in [0.1, 0.15) is 5.75 Å². The molecule has 9 nitrogen and oxygen atoms in total. The standard InChI is InChI=1S/C18H17Cl2F3N4O2.C8H9NO2/c19-11-1-2-14(13(20)7-11)26-17-25-9-12(15(27-17)18(21,22)23)16(28)24-8-10-3-5-29-6-4-10;1-6(10)9-7-2-4-8(11)5-3-7/h1-2,7,9-10H,3-6,8H2,(H,24,28)(H,25,26,27);2-5,11H,1H3,(H,9,10). The molecule has 3 aromatic rings. The summed E-state index contributed by atoms with van der Waals surface area (Å²) in [5.74, 6) is -0.979. The zero-order valence-corrected chi connectivity index (χ0v) is 22.7. The number of carbonyl (C=O) groups is 2. The molecule has 40 heavy (non-hydrogen) atoms. The van der Waals surface area contributed by atoms with Gasteiger partial charge in [-0.15, -0.1) is 0 Å². The van der Waals surface area contributed by atoms with E-state index in [-0.39, 0.29) is 40.8 Å². The van der Waals surface area contributed by atoms with Gasteiger partial charge in [-0.1, -0.05) is 23.2 Å². The normalized spacial score (nSPS) is 13.6. The predicted octanol–water partition coefficient (Wildman–Crippen LogP) is 6.05. The Labute approximate surface area is 238 Å². The molecule has 0 aliphatic carbocycles. The van der Waals surface area contributed by atoms with Gasteiger partial charge in [0.25, 0.3) is 5.91 Å². The molecule has 1 saturated heterocycles. The minimum atomic E-state index is -4.84. The summed E-state index contributed by atoms with van der Waals surface area (Å²) in [6.45, 7) is 2.85. The van der Waals surface area contributed by atoms with Gasteiger partial charge in [-0.3, -0.25) is 9.59 Å². The lowest BCUT2D eigenvalue weighted by Crippen LogP contribution is -2.33. The van der Waals surface area contributed by atoms with E-state index in [2.05, 4.69) is 25.9 Å². The van der Waals surface area contributed by atoms with Crippen LogP contribution < -0.4 is 16.0 Å². The first-order valence-electron chi connectivity index (χ1n) is 12.0. The lowest BCUT2D eigenvalue weighted by Gasteiger charge is -2.22. The Morgan fingerprint density at radius 3 is 2.38 bits per heavy atom. The maximum atomic E-state index is 13.5. The Balaban J connectivity index is 0.000000336. The fourth-order valence-corrected chi connectivity index (χ4v) is 4.02. The van der Waals surface area contributed by atoms with Crippen molar-refractivity contribution in [1.82, 2.24) is 15.3 Å². The maximum absolute atomic E-state index is 13.5. The molecule has 214 valence electrons. The highest BCUT2D eigenvalue weighted by molar-refractivity contribution is 6.36. The Morgan fingerprint density at radius 1 is 1.10 bits per heavy atom. The van der Waals surface area contributed by atoms with Crippen LogP contribution in [0.4, 0.5) is 30.5 Å². The van der Waals surface area contributed by atoms with Gasteiger partial charge in [-0.2, -0.15) is 13.2 Å². The van der Waals surface area contributed by atoms with Crippen LogP contribution >= 0.6 is 23.2 Å². The molecule has 2 aromatic carbocycles. The highest BCUT2D eigenvalue weighted by Crippen LogP contribution is 2.32. The number of nitrogens with zero attached hydrogens (tertiary/aromatic N) is 2. The van der Waals surface area contributed by atoms with E-state index in [1.54, 1.807) is 12.1 Å². The predicted molar refractivity (Wildman–Crippen MR) is 145 cm³/mol. The van der Waals surface area contributed by atoms with E-state index in [4.69, 9.17) is 33.0 Å². The average Bonchev–Trinajstić information content (AvgIpc) is 2.90. The smallest absolute Gasteiger partial charge is 0.434 e. The largest absolute Gasteiger partial charge is 0.508 e. The minimum Gasteiger partial charge on any atom is -0.508 e. The van der Waals surface area contributed by atoms with Crippen LogP contribution in [-0.2, 0) is 15.7 Å². The van der Waals surface area contributed by atoms with E-state index in [0.29, 0.717) is 23.9 Å². The number of hydrogen-bond acceptors (Lipinski definition) is 7. The van der Waals surface area contributed by atoms with E-state index >= 15 is 0 Å². The monoisotopic (exact) mass is 599 g/mol. The van der Waals surface area contributed by atoms with Crippen molar-refractivity contribution >= 4 is 52.3 Å². The Kier molecular flexibility index (Phi) is 10.9. The van der Waals surface area contributed by atoms with E-state index in [1.165, 1.54) is 37.3 Å². The summed E-state index contributed by atoms with van der Waals surface area (Å²) < 4.78 is 45.7. The number of halogens is 5. The van der Waals surface area contributed by atoms with Gasteiger partial charge < -0.3 is 25.8 Å². The van der Waals surface area contributed by atoms with Crippen molar-refractivity contribution in [2.75, 3.05) is 30.4 Å². The lowest BCUT2D eigenvalue weighted by atomic mass is 10.0. The van der Waals surface area contributed by atoms with E-state index in [0.717, 1.165) is 19.0 Å². The number of amides is 2. The maximum Gasteiger partial charge on any atom is 0.434 e. The summed E-state index contributed by atoms with van der Waals surface area (Å²) in [4.78, 5) is 30.2. The number of ether oxygens (including phenoxy) is 1. The molecule has 1 aliphatic heterocycles. The number of benzene rings is 2. The number of phenols is 1. The van der Waals surface area contributed by atoms with Crippen LogP contribution in [0.1, 0.15) is 35.8 Å². The SMILES string of the molecule is CC(=O)Nc1ccc(O)cc1.O=C(NCC1CCOCC1)c1cnc(Nc2ccc(Cl)cc2Cl)nc1C(F)(F)F. The van der Waals surface area contributed by atoms with Gasteiger partial charge in [-0.05, 0) is 61.2 Å². The first-order chi connectivity index (χ1) is 18.9. The van der Waals surface area contributed by atoms with E-state index in [9.17, 15) is 22.8 Å². The summed E-state index contributed by atoms with van der Waals surface area (Å²) in [5.41, 5.74) is -1.00. The number of aromatic hydroxyl groups is 1. The fourth-order valence-electron chi connectivity index (χ4n) is 3.57. The van der Waals surface area contributed by atoms with Crippen LogP contribution in [0.5, 0.6) is 5.75 Å². The summed E-state index contributed by atoms with van der Waals surface area (Å²) in [7, 11) is 0. The molecule has 4 N–H and O–H groups in total. The molecular formula is C26H26Cl2F3N5O4. The molecule has 14 heteroatoms. The van der Waals surface area contributed by atoms with Crippen molar-refractivity contribution in [3.8, 4) is 5.75 Å². The Bertz CT molecular complexity index is 1320. The lowest BCUT2D eigenvalue weighted by molar-refractivity contribution is -0.141. The third-order valence-electron chi connectivity index (χ3n) is 5.56. The second kappa shape index (κ2) is 14.1. The molecule has 0 radical (unpaired) electrons. The first-order valence-corrected chi connectivity index (χ1v) is 12.8. The van der Waals surface area contributed by atoms with Crippen LogP contribution in [0, 0.1) is 5.92 Å². The second-order valence-electron chi connectivity index (χ2n) is 8.70. The summed E-state index contributed by atoms with van der Waals surface area (Å²) in [6.07, 6.45) is -2.50. The van der Waals surface area contributed by atoms with Gasteiger partial charge >= 0.3 is 6.18 Å². The average molecular weight is 600 g/mol. The number of anilines is 3. The third kappa shape index (κ3) is 9.54. The quantitative estimate of drug-likeness (QED) is 0.254. The van der Waals surface area contributed by atoms with Crippen molar-refractivity contribution in [2.24, 2.45) is 5.92 Å².